The van der Waals surface area contributed by atoms with Crippen molar-refractivity contribution >= 4 is 5.97 Å². The molecule has 0 saturated carbocycles. The number of rotatable bonds is 4. The summed E-state index contributed by atoms with van der Waals surface area (Å²) in [7, 11) is 3.28. The van der Waals surface area contributed by atoms with Crippen LogP contribution in [0.3, 0.4) is 0 Å². The lowest BCUT2D eigenvalue weighted by atomic mass is 10.1. The number of carboxylic acids is 1. The van der Waals surface area contributed by atoms with E-state index >= 15 is 0 Å². The Morgan fingerprint density at radius 2 is 2.21 bits per heavy atom. The molecule has 0 unspecified atom stereocenters. The zero-order valence-electron chi connectivity index (χ0n) is 10.6. The third-order valence-electron chi connectivity index (χ3n) is 2.62. The highest BCUT2D eigenvalue weighted by Gasteiger charge is 2.14. The van der Waals surface area contributed by atoms with Crippen molar-refractivity contribution in [2.45, 2.75) is 6.61 Å². The molecule has 2 rings (SSSR count). The summed E-state index contributed by atoms with van der Waals surface area (Å²) in [5.74, 6) is -1.78. The second-order valence-electron chi connectivity index (χ2n) is 4.14. The Balaban J connectivity index is 2.54. The summed E-state index contributed by atoms with van der Waals surface area (Å²) in [6, 6.07) is 3.63. The van der Waals surface area contributed by atoms with Gasteiger partial charge in [0.15, 0.2) is 0 Å². The zero-order chi connectivity index (χ0) is 14.0. The minimum atomic E-state index is -1.18. The zero-order valence-corrected chi connectivity index (χ0v) is 10.6. The molecule has 0 aliphatic heterocycles. The van der Waals surface area contributed by atoms with Gasteiger partial charge in [0, 0.05) is 31.5 Å². The predicted molar refractivity (Wildman–Crippen MR) is 66.3 cm³/mol. The van der Waals surface area contributed by atoms with Gasteiger partial charge in [-0.05, 0) is 18.2 Å². The van der Waals surface area contributed by atoms with E-state index in [1.54, 1.807) is 25.0 Å². The molecular weight excluding hydrogens is 251 g/mol. The van der Waals surface area contributed by atoms with Gasteiger partial charge in [-0.15, -0.1) is 0 Å². The van der Waals surface area contributed by atoms with E-state index < -0.39 is 11.8 Å². The van der Waals surface area contributed by atoms with Crippen LogP contribution in [0.5, 0.6) is 0 Å². The number of carbonyl (C=O) groups is 1. The molecule has 0 atom stereocenters. The quantitative estimate of drug-likeness (QED) is 0.918. The lowest BCUT2D eigenvalue weighted by Crippen LogP contribution is -1.99. The first-order valence-corrected chi connectivity index (χ1v) is 5.57. The van der Waals surface area contributed by atoms with Gasteiger partial charge in [0.2, 0.25) is 0 Å². The van der Waals surface area contributed by atoms with Crippen molar-refractivity contribution in [3.05, 3.63) is 41.3 Å². The van der Waals surface area contributed by atoms with Crippen molar-refractivity contribution in [2.75, 3.05) is 7.11 Å². The molecule has 19 heavy (non-hydrogen) atoms. The molecule has 0 fully saturated rings. The third kappa shape index (κ3) is 2.79. The summed E-state index contributed by atoms with van der Waals surface area (Å²) in [6.07, 6.45) is 1.75. The summed E-state index contributed by atoms with van der Waals surface area (Å²) in [4.78, 5) is 10.9. The highest BCUT2D eigenvalue weighted by molar-refractivity contribution is 5.89. The van der Waals surface area contributed by atoms with E-state index in [1.807, 2.05) is 0 Å². The number of halogens is 1. The van der Waals surface area contributed by atoms with Crippen LogP contribution < -0.4 is 0 Å². The van der Waals surface area contributed by atoms with Gasteiger partial charge in [0.05, 0.1) is 17.9 Å². The lowest BCUT2D eigenvalue weighted by molar-refractivity contribution is 0.0696. The normalized spacial score (nSPS) is 10.7. The molecule has 0 amide bonds. The van der Waals surface area contributed by atoms with Crippen LogP contribution in [-0.4, -0.2) is 28.0 Å². The number of hydrogen-bond donors (Lipinski definition) is 1. The SMILES string of the molecule is COCc1cn(C)nc1-c1cc(F)cc(C(=O)O)c1. The Labute approximate surface area is 109 Å². The maximum Gasteiger partial charge on any atom is 0.335 e. The monoisotopic (exact) mass is 264 g/mol. The summed E-state index contributed by atoms with van der Waals surface area (Å²) in [5.41, 5.74) is 1.60. The Morgan fingerprint density at radius 3 is 2.84 bits per heavy atom. The Kier molecular flexibility index (Phi) is 3.62. The molecule has 0 aliphatic rings. The molecule has 5 nitrogen and oxygen atoms in total. The van der Waals surface area contributed by atoms with E-state index in [-0.39, 0.29) is 5.56 Å². The van der Waals surface area contributed by atoms with Crippen molar-refractivity contribution in [1.29, 1.82) is 0 Å². The first kappa shape index (κ1) is 13.2. The summed E-state index contributed by atoms with van der Waals surface area (Å²) in [5, 5.41) is 13.2. The average molecular weight is 264 g/mol. The number of nitrogens with zero attached hydrogens (tertiary/aromatic N) is 2. The van der Waals surface area contributed by atoms with Crippen molar-refractivity contribution in [3.8, 4) is 11.3 Å². The second kappa shape index (κ2) is 5.19. The molecule has 0 saturated heterocycles. The molecular formula is C13H13FN2O3. The van der Waals surface area contributed by atoms with Crippen LogP contribution in [0.4, 0.5) is 4.39 Å². The van der Waals surface area contributed by atoms with Crippen LogP contribution in [0.1, 0.15) is 15.9 Å². The Bertz CT molecular complexity index is 622. The lowest BCUT2D eigenvalue weighted by Gasteiger charge is -2.03. The standard InChI is InChI=1S/C13H13FN2O3/c1-16-6-10(7-19-2)12(15-16)8-3-9(13(17)18)5-11(14)4-8/h3-6H,7H2,1-2H3,(H,17,18). The summed E-state index contributed by atoms with van der Waals surface area (Å²) < 4.78 is 20.1. The van der Waals surface area contributed by atoms with E-state index in [9.17, 15) is 9.18 Å². The molecule has 0 radical (unpaired) electrons. The molecule has 1 heterocycles. The van der Waals surface area contributed by atoms with Crippen LogP contribution in [0.15, 0.2) is 24.4 Å². The van der Waals surface area contributed by atoms with E-state index in [2.05, 4.69) is 5.10 Å². The fraction of sp³-hybridized carbons (Fsp3) is 0.231. The smallest absolute Gasteiger partial charge is 0.335 e. The van der Waals surface area contributed by atoms with Crippen molar-refractivity contribution in [2.24, 2.45) is 7.05 Å². The molecule has 1 aromatic heterocycles. The number of methoxy groups -OCH3 is 1. The van der Waals surface area contributed by atoms with Gasteiger partial charge in [-0.3, -0.25) is 4.68 Å². The number of aryl methyl sites for hydroxylation is 1. The topological polar surface area (TPSA) is 64.4 Å². The molecule has 6 heteroatoms. The van der Waals surface area contributed by atoms with Gasteiger partial charge in [0.25, 0.3) is 0 Å². The van der Waals surface area contributed by atoms with Gasteiger partial charge in [-0.2, -0.15) is 5.10 Å². The molecule has 0 bridgehead atoms. The first-order valence-electron chi connectivity index (χ1n) is 5.57. The van der Waals surface area contributed by atoms with E-state index in [4.69, 9.17) is 9.84 Å². The Hall–Kier alpha value is -2.21. The van der Waals surface area contributed by atoms with Crippen molar-refractivity contribution in [1.82, 2.24) is 9.78 Å². The van der Waals surface area contributed by atoms with E-state index in [0.29, 0.717) is 17.9 Å². The third-order valence-corrected chi connectivity index (χ3v) is 2.62. The maximum atomic E-state index is 13.5. The molecule has 0 aliphatic carbocycles. The number of aromatic nitrogens is 2. The van der Waals surface area contributed by atoms with Crippen LogP contribution in [0.2, 0.25) is 0 Å². The van der Waals surface area contributed by atoms with Crippen LogP contribution in [0, 0.1) is 5.82 Å². The van der Waals surface area contributed by atoms with Gasteiger partial charge >= 0.3 is 5.97 Å². The summed E-state index contributed by atoms with van der Waals surface area (Å²) >= 11 is 0. The minimum Gasteiger partial charge on any atom is -0.478 e. The van der Waals surface area contributed by atoms with Gasteiger partial charge in [-0.25, -0.2) is 9.18 Å². The molecule has 100 valence electrons. The number of ether oxygens (including phenoxy) is 1. The first-order chi connectivity index (χ1) is 9.01. The van der Waals surface area contributed by atoms with Crippen LogP contribution in [-0.2, 0) is 18.4 Å². The minimum absolute atomic E-state index is 0.107. The largest absolute Gasteiger partial charge is 0.478 e. The van der Waals surface area contributed by atoms with Gasteiger partial charge in [-0.1, -0.05) is 0 Å². The predicted octanol–water partition coefficient (Wildman–Crippen LogP) is 2.07. The molecule has 1 N–H and O–H groups in total. The van der Waals surface area contributed by atoms with Gasteiger partial charge < -0.3 is 9.84 Å². The molecule has 2 aromatic rings. The number of aromatic carboxylic acids is 1. The highest BCUT2D eigenvalue weighted by atomic mass is 19.1. The molecule has 1 aromatic carbocycles. The average Bonchev–Trinajstić information content (AvgIpc) is 2.70. The van der Waals surface area contributed by atoms with Crippen LogP contribution in [0.25, 0.3) is 11.3 Å². The molecule has 0 spiro atoms. The van der Waals surface area contributed by atoms with E-state index in [0.717, 1.165) is 11.6 Å². The fourth-order valence-electron chi connectivity index (χ4n) is 1.89. The fourth-order valence-corrected chi connectivity index (χ4v) is 1.89. The van der Waals surface area contributed by atoms with Gasteiger partial charge in [0.1, 0.15) is 5.82 Å². The van der Waals surface area contributed by atoms with Crippen LogP contribution >= 0.6 is 0 Å². The Morgan fingerprint density at radius 1 is 1.47 bits per heavy atom. The maximum absolute atomic E-state index is 13.5. The number of carboxylic acid groups (broad SMARTS) is 1. The number of benzene rings is 1. The number of hydrogen-bond acceptors (Lipinski definition) is 3. The highest BCUT2D eigenvalue weighted by Crippen LogP contribution is 2.24. The van der Waals surface area contributed by atoms with E-state index in [1.165, 1.54) is 12.1 Å². The second-order valence-corrected chi connectivity index (χ2v) is 4.14. The van der Waals surface area contributed by atoms with Crippen molar-refractivity contribution in [3.63, 3.8) is 0 Å². The summed E-state index contributed by atoms with van der Waals surface area (Å²) in [6.45, 7) is 0.322. The van der Waals surface area contributed by atoms with Crippen molar-refractivity contribution < 1.29 is 19.0 Å².